The first-order valence-corrected chi connectivity index (χ1v) is 15.1. The van der Waals surface area contributed by atoms with Crippen molar-refractivity contribution in [2.24, 2.45) is 11.3 Å². The molecule has 1 aliphatic heterocycles. The third-order valence-electron chi connectivity index (χ3n) is 4.71. The highest BCUT2D eigenvalue weighted by Gasteiger charge is 2.37. The first-order valence-electron chi connectivity index (χ1n) is 10.0. The number of rotatable bonds is 9. The monoisotopic (exact) mass is 476 g/mol. The molecule has 0 saturated carbocycles. The van der Waals surface area contributed by atoms with Crippen LogP contribution in [-0.2, 0) is 18.7 Å². The number of anilines is 1. The molecule has 2 rings (SSSR count). The van der Waals surface area contributed by atoms with Crippen molar-refractivity contribution in [2.75, 3.05) is 24.2 Å². The predicted octanol–water partition coefficient (Wildman–Crippen LogP) is 2.74. The fourth-order valence-electron chi connectivity index (χ4n) is 3.28. The molecule has 1 saturated heterocycles. The lowest BCUT2D eigenvalue weighted by Crippen LogP contribution is -2.54. The fourth-order valence-corrected chi connectivity index (χ4v) is 5.73. The van der Waals surface area contributed by atoms with Crippen LogP contribution in [0.3, 0.4) is 0 Å². The quantitative estimate of drug-likeness (QED) is 0.432. The van der Waals surface area contributed by atoms with E-state index in [4.69, 9.17) is 8.61 Å². The Morgan fingerprint density at radius 3 is 2.40 bits per heavy atom. The van der Waals surface area contributed by atoms with E-state index in [0.717, 1.165) is 6.26 Å². The van der Waals surface area contributed by atoms with E-state index in [1.807, 2.05) is 4.90 Å². The minimum Gasteiger partial charge on any atom is -0.412 e. The molecule has 0 bridgehead atoms. The summed E-state index contributed by atoms with van der Waals surface area (Å²) in [5.41, 5.74) is 0.239. The van der Waals surface area contributed by atoms with Gasteiger partial charge in [-0.2, -0.15) is 8.42 Å². The van der Waals surface area contributed by atoms with E-state index in [1.165, 1.54) is 11.3 Å². The molecule has 1 amide bonds. The second kappa shape index (κ2) is 9.64. The van der Waals surface area contributed by atoms with Gasteiger partial charge in [0.05, 0.1) is 18.4 Å². The van der Waals surface area contributed by atoms with Gasteiger partial charge in [0.25, 0.3) is 16.0 Å². The highest BCUT2D eigenvalue weighted by molar-refractivity contribution is 7.86. The molecule has 1 unspecified atom stereocenters. The van der Waals surface area contributed by atoms with Gasteiger partial charge in [-0.3, -0.25) is 8.98 Å². The number of nitrogens with zero attached hydrogens (tertiary/aromatic N) is 2. The Kier molecular flexibility index (Phi) is 8.11. The number of aromatic nitrogens is 1. The summed E-state index contributed by atoms with van der Waals surface area (Å²) < 4.78 is 33.7. The maximum atomic E-state index is 12.9. The van der Waals surface area contributed by atoms with Crippen LogP contribution in [0, 0.1) is 11.3 Å². The molecular weight excluding hydrogens is 442 g/mol. The summed E-state index contributed by atoms with van der Waals surface area (Å²) >= 11 is 1.36. The van der Waals surface area contributed by atoms with E-state index in [1.54, 1.807) is 5.38 Å². The largest absolute Gasteiger partial charge is 0.412 e. The molecule has 1 fully saturated rings. The van der Waals surface area contributed by atoms with Crippen molar-refractivity contribution in [3.05, 3.63) is 11.1 Å². The van der Waals surface area contributed by atoms with Gasteiger partial charge in [0.2, 0.25) is 9.04 Å². The summed E-state index contributed by atoms with van der Waals surface area (Å²) in [7, 11) is -4.41. The van der Waals surface area contributed by atoms with Crippen LogP contribution in [0.25, 0.3) is 0 Å². The smallest absolute Gasteiger partial charge is 0.271 e. The van der Waals surface area contributed by atoms with Gasteiger partial charge in [0.1, 0.15) is 11.8 Å². The summed E-state index contributed by atoms with van der Waals surface area (Å²) in [6.07, 6.45) is 0.575. The van der Waals surface area contributed by atoms with E-state index in [9.17, 15) is 13.2 Å². The third kappa shape index (κ3) is 7.01. The van der Waals surface area contributed by atoms with Crippen LogP contribution in [0.2, 0.25) is 13.1 Å². The summed E-state index contributed by atoms with van der Waals surface area (Å²) in [6.45, 7) is 15.6. The Morgan fingerprint density at radius 1 is 1.33 bits per heavy atom. The van der Waals surface area contributed by atoms with Gasteiger partial charge in [-0.05, 0) is 24.4 Å². The van der Waals surface area contributed by atoms with Crippen LogP contribution < -0.4 is 10.2 Å². The van der Waals surface area contributed by atoms with Gasteiger partial charge in [0, 0.05) is 18.5 Å². The highest BCUT2D eigenvalue weighted by atomic mass is 32.2. The Morgan fingerprint density at radius 2 is 1.93 bits per heavy atom. The van der Waals surface area contributed by atoms with Gasteiger partial charge in [-0.15, -0.1) is 11.3 Å². The summed E-state index contributed by atoms with van der Waals surface area (Å²) in [5, 5.41) is 5.56. The Bertz CT molecular complexity index is 829. The first kappa shape index (κ1) is 25.2. The average Bonchev–Trinajstić information content (AvgIpc) is 3.00. The average molecular weight is 477 g/mol. The van der Waals surface area contributed by atoms with E-state index >= 15 is 0 Å². The molecule has 0 spiro atoms. The van der Waals surface area contributed by atoms with Crippen molar-refractivity contribution >= 4 is 41.5 Å². The van der Waals surface area contributed by atoms with Crippen LogP contribution in [0.4, 0.5) is 5.13 Å². The molecule has 171 valence electrons. The van der Waals surface area contributed by atoms with Crippen molar-refractivity contribution in [1.82, 2.24) is 10.3 Å². The molecule has 1 N–H and O–H groups in total. The van der Waals surface area contributed by atoms with Crippen molar-refractivity contribution in [3.8, 4) is 0 Å². The highest BCUT2D eigenvalue weighted by Crippen LogP contribution is 2.30. The first-order chi connectivity index (χ1) is 13.7. The zero-order chi connectivity index (χ0) is 22.9. The van der Waals surface area contributed by atoms with Gasteiger partial charge in [-0.25, -0.2) is 4.98 Å². The lowest BCUT2D eigenvalue weighted by atomic mass is 9.81. The number of amides is 1. The molecule has 1 radical (unpaired) electrons. The molecule has 1 aliphatic rings. The molecule has 2 atom stereocenters. The summed E-state index contributed by atoms with van der Waals surface area (Å²) in [6, 6.07) is -0.140. The van der Waals surface area contributed by atoms with E-state index in [0.29, 0.717) is 23.9 Å². The van der Waals surface area contributed by atoms with Gasteiger partial charge >= 0.3 is 0 Å². The number of hydrogen-bond donors (Lipinski definition) is 1. The predicted molar refractivity (Wildman–Crippen MR) is 122 cm³/mol. The van der Waals surface area contributed by atoms with Crippen molar-refractivity contribution < 1.29 is 21.8 Å². The molecule has 11 heteroatoms. The third-order valence-corrected chi connectivity index (χ3v) is 6.96. The van der Waals surface area contributed by atoms with Gasteiger partial charge in [-0.1, -0.05) is 34.6 Å². The number of nitrogens with one attached hydrogen (secondary N) is 1. The zero-order valence-corrected chi connectivity index (χ0v) is 21.7. The van der Waals surface area contributed by atoms with E-state index in [-0.39, 0.29) is 35.5 Å². The standard InChI is InChI=1S/C19H34N3O5S2Si/c1-12(2)15(16(19(3,4)5)27-30(7)8)21-17(23)14-11-28-18(20-14)22-9-13(10-22)26-29(6,24)25/h11-13,15-16H,9-10H2,1-8H3,(H,21,23)/t15-,16?/m0/s1. The maximum absolute atomic E-state index is 12.9. The molecule has 30 heavy (non-hydrogen) atoms. The van der Waals surface area contributed by atoms with E-state index < -0.39 is 19.2 Å². The Hall–Kier alpha value is -1.01. The second-order valence-electron chi connectivity index (χ2n) is 9.40. The number of carbonyl (C=O) groups is 1. The topological polar surface area (TPSA) is 97.8 Å². The van der Waals surface area contributed by atoms with Crippen LogP contribution in [0.1, 0.15) is 45.1 Å². The molecule has 1 aromatic heterocycles. The summed E-state index contributed by atoms with van der Waals surface area (Å²) in [5.74, 6) is -0.0265. The van der Waals surface area contributed by atoms with Crippen LogP contribution >= 0.6 is 11.3 Å². The van der Waals surface area contributed by atoms with Crippen molar-refractivity contribution in [3.63, 3.8) is 0 Å². The molecule has 0 aromatic carbocycles. The number of hydrogen-bond acceptors (Lipinski definition) is 8. The molecular formula is C19H34N3O5S2Si. The Balaban J connectivity index is 2.05. The second-order valence-corrected chi connectivity index (χ2v) is 13.9. The van der Waals surface area contributed by atoms with Gasteiger partial charge < -0.3 is 14.6 Å². The normalized spacial score (nSPS) is 17.9. The minimum absolute atomic E-state index is 0.104. The molecule has 2 heterocycles. The van der Waals surface area contributed by atoms with Crippen molar-refractivity contribution in [1.29, 1.82) is 0 Å². The fraction of sp³-hybridized carbons (Fsp3) is 0.789. The number of thiazole rings is 1. The summed E-state index contributed by atoms with van der Waals surface area (Å²) in [4.78, 5) is 19.3. The van der Waals surface area contributed by atoms with Gasteiger partial charge in [0.15, 0.2) is 5.13 Å². The van der Waals surface area contributed by atoms with Crippen LogP contribution in [0.5, 0.6) is 0 Å². The lowest BCUT2D eigenvalue weighted by Gasteiger charge is -2.40. The molecule has 1 aromatic rings. The molecule has 8 nitrogen and oxygen atoms in total. The number of carbonyl (C=O) groups excluding carboxylic acids is 1. The SMILES string of the molecule is CC(C)[C@H](NC(=O)c1csc(N2CC(OS(C)(=O)=O)C2)n1)C(O[Si](C)C)C(C)(C)C. The Labute approximate surface area is 186 Å². The van der Waals surface area contributed by atoms with Crippen LogP contribution in [-0.4, -0.2) is 65.9 Å². The minimum atomic E-state index is -3.47. The van der Waals surface area contributed by atoms with Crippen LogP contribution in [0.15, 0.2) is 5.38 Å². The maximum Gasteiger partial charge on any atom is 0.271 e. The lowest BCUT2D eigenvalue weighted by molar-refractivity contribution is 0.0326. The zero-order valence-electron chi connectivity index (χ0n) is 19.1. The molecule has 0 aliphatic carbocycles. The van der Waals surface area contributed by atoms with Crippen molar-refractivity contribution in [2.45, 2.75) is 66.0 Å². The van der Waals surface area contributed by atoms with E-state index in [2.05, 4.69) is 58.0 Å².